The van der Waals surface area contributed by atoms with Crippen LogP contribution in [0.25, 0.3) is 0 Å². The second kappa shape index (κ2) is 11.0. The fourth-order valence-electron chi connectivity index (χ4n) is 2.71. The number of esters is 1. The minimum absolute atomic E-state index is 0.212. The molecule has 1 N–H and O–H groups in total. The number of ether oxygens (including phenoxy) is 2. The van der Waals surface area contributed by atoms with Crippen molar-refractivity contribution in [3.05, 3.63) is 65.7 Å². The van der Waals surface area contributed by atoms with Gasteiger partial charge in [0, 0.05) is 23.6 Å². The highest BCUT2D eigenvalue weighted by Gasteiger charge is 2.22. The monoisotopic (exact) mass is 417 g/mol. The van der Waals surface area contributed by atoms with E-state index in [9.17, 15) is 9.59 Å². The van der Waals surface area contributed by atoms with Crippen molar-refractivity contribution in [1.29, 1.82) is 0 Å². The number of carbonyl (C=O) groups excluding carboxylic acids is 2. The van der Waals surface area contributed by atoms with Gasteiger partial charge in [0.1, 0.15) is 5.75 Å². The second-order valence-corrected chi connectivity index (χ2v) is 8.87. The van der Waals surface area contributed by atoms with Gasteiger partial charge < -0.3 is 14.8 Å². The van der Waals surface area contributed by atoms with Crippen LogP contribution < -0.4 is 10.1 Å². The van der Waals surface area contributed by atoms with Crippen molar-refractivity contribution < 1.29 is 19.1 Å². The number of carbonyl (C=O) groups is 2. The van der Waals surface area contributed by atoms with Gasteiger partial charge in [-0.25, -0.2) is 4.79 Å². The first-order valence-corrected chi connectivity index (χ1v) is 11.2. The Labute approximate surface area is 173 Å². The van der Waals surface area contributed by atoms with E-state index in [2.05, 4.69) is 5.32 Å². The lowest BCUT2D eigenvalue weighted by molar-refractivity contribution is -0.150. The van der Waals surface area contributed by atoms with Crippen molar-refractivity contribution in [1.82, 2.24) is 5.32 Å². The Hall–Kier alpha value is -2.12. The fourth-order valence-corrected chi connectivity index (χ4v) is 5.62. The number of hydrogen-bond donors (Lipinski definition) is 1. The van der Waals surface area contributed by atoms with E-state index in [1.807, 2.05) is 78.1 Å². The van der Waals surface area contributed by atoms with Crippen molar-refractivity contribution in [2.24, 2.45) is 0 Å². The SMILES string of the molecule is O=C(COC(=O)COc1ccccc1C1SCCS1)NCCc1ccccc1. The summed E-state index contributed by atoms with van der Waals surface area (Å²) >= 11 is 3.76. The molecule has 0 bridgehead atoms. The van der Waals surface area contributed by atoms with Crippen molar-refractivity contribution in [3.63, 3.8) is 0 Å². The number of amides is 1. The quantitative estimate of drug-likeness (QED) is 0.631. The van der Waals surface area contributed by atoms with Crippen LogP contribution in [0.15, 0.2) is 54.6 Å². The van der Waals surface area contributed by atoms with E-state index in [1.165, 1.54) is 0 Å². The molecule has 0 unspecified atom stereocenters. The van der Waals surface area contributed by atoms with E-state index >= 15 is 0 Å². The van der Waals surface area contributed by atoms with Gasteiger partial charge in [-0.2, -0.15) is 0 Å². The smallest absolute Gasteiger partial charge is 0.344 e. The van der Waals surface area contributed by atoms with Crippen molar-refractivity contribution >= 4 is 35.4 Å². The molecule has 2 aromatic rings. The van der Waals surface area contributed by atoms with Crippen molar-refractivity contribution in [3.8, 4) is 5.75 Å². The number of benzene rings is 2. The third-order valence-corrected chi connectivity index (χ3v) is 7.15. The van der Waals surface area contributed by atoms with Gasteiger partial charge in [0.25, 0.3) is 5.91 Å². The van der Waals surface area contributed by atoms with Gasteiger partial charge in [0.2, 0.25) is 0 Å². The molecular weight excluding hydrogens is 394 g/mol. The maximum atomic E-state index is 11.9. The summed E-state index contributed by atoms with van der Waals surface area (Å²) in [7, 11) is 0. The van der Waals surface area contributed by atoms with Gasteiger partial charge in [0.05, 0.1) is 4.58 Å². The second-order valence-electron chi connectivity index (χ2n) is 6.15. The Morgan fingerprint density at radius 2 is 1.68 bits per heavy atom. The zero-order valence-corrected chi connectivity index (χ0v) is 17.1. The molecule has 5 nitrogen and oxygen atoms in total. The first-order valence-electron chi connectivity index (χ1n) is 9.13. The summed E-state index contributed by atoms with van der Waals surface area (Å²) in [5.41, 5.74) is 2.23. The Bertz CT molecular complexity index is 779. The van der Waals surface area contributed by atoms with Gasteiger partial charge in [-0.15, -0.1) is 23.5 Å². The van der Waals surface area contributed by atoms with Gasteiger partial charge in [0.15, 0.2) is 13.2 Å². The lowest BCUT2D eigenvalue weighted by atomic mass is 10.1. The number of nitrogens with one attached hydrogen (secondary N) is 1. The molecule has 0 spiro atoms. The number of thioether (sulfide) groups is 2. The molecule has 3 rings (SSSR count). The Morgan fingerprint density at radius 1 is 0.964 bits per heavy atom. The first-order chi connectivity index (χ1) is 13.7. The van der Waals surface area contributed by atoms with Gasteiger partial charge in [-0.05, 0) is 18.1 Å². The average molecular weight is 418 g/mol. The van der Waals surface area contributed by atoms with Crippen LogP contribution >= 0.6 is 23.5 Å². The Balaban J connectivity index is 1.36. The molecule has 1 amide bonds. The molecule has 1 fully saturated rings. The van der Waals surface area contributed by atoms with E-state index in [4.69, 9.17) is 9.47 Å². The highest BCUT2D eigenvalue weighted by atomic mass is 32.2. The van der Waals surface area contributed by atoms with Crippen LogP contribution in [-0.4, -0.2) is 43.1 Å². The van der Waals surface area contributed by atoms with Crippen LogP contribution in [0.2, 0.25) is 0 Å². The summed E-state index contributed by atoms with van der Waals surface area (Å²) in [5, 5.41) is 2.74. The largest absolute Gasteiger partial charge is 0.482 e. The summed E-state index contributed by atoms with van der Waals surface area (Å²) in [6.45, 7) is -0.00961. The molecule has 1 aliphatic rings. The average Bonchev–Trinajstić information content (AvgIpc) is 3.26. The highest BCUT2D eigenvalue weighted by molar-refractivity contribution is 8.19. The van der Waals surface area contributed by atoms with Crippen LogP contribution in [0.5, 0.6) is 5.75 Å². The zero-order chi connectivity index (χ0) is 19.6. The van der Waals surface area contributed by atoms with Crippen molar-refractivity contribution in [2.45, 2.75) is 11.0 Å². The molecule has 1 heterocycles. The van der Waals surface area contributed by atoms with Crippen LogP contribution in [-0.2, 0) is 20.7 Å². The molecule has 0 aliphatic carbocycles. The Morgan fingerprint density at radius 3 is 2.46 bits per heavy atom. The lowest BCUT2D eigenvalue weighted by Crippen LogP contribution is -2.31. The van der Waals surface area contributed by atoms with E-state index in [1.54, 1.807) is 0 Å². The summed E-state index contributed by atoms with van der Waals surface area (Å²) in [6.07, 6.45) is 0.734. The van der Waals surface area contributed by atoms with Crippen molar-refractivity contribution in [2.75, 3.05) is 31.3 Å². The standard InChI is InChI=1S/C21H23NO4S2/c23-19(22-11-10-16-6-2-1-3-7-16)14-26-20(24)15-25-18-9-5-4-8-17(18)21-27-12-13-28-21/h1-9,21H,10-15H2,(H,22,23). The molecule has 0 radical (unpaired) electrons. The lowest BCUT2D eigenvalue weighted by Gasteiger charge is -2.14. The molecule has 0 saturated carbocycles. The minimum atomic E-state index is -0.556. The number of rotatable bonds is 9. The van der Waals surface area contributed by atoms with E-state index in [0.29, 0.717) is 16.9 Å². The predicted octanol–water partition coefficient (Wildman–Crippen LogP) is 3.45. The molecule has 1 aliphatic heterocycles. The molecule has 7 heteroatoms. The maximum Gasteiger partial charge on any atom is 0.344 e. The third kappa shape index (κ3) is 6.49. The van der Waals surface area contributed by atoms with Crippen LogP contribution in [0.1, 0.15) is 15.7 Å². The minimum Gasteiger partial charge on any atom is -0.482 e. The van der Waals surface area contributed by atoms with Crippen LogP contribution in [0.4, 0.5) is 0 Å². The van der Waals surface area contributed by atoms with E-state index in [-0.39, 0.29) is 19.1 Å². The molecule has 0 atom stereocenters. The highest BCUT2D eigenvalue weighted by Crippen LogP contribution is 2.48. The van der Waals surface area contributed by atoms with Crippen LogP contribution in [0, 0.1) is 0 Å². The fraction of sp³-hybridized carbons (Fsp3) is 0.333. The summed E-state index contributed by atoms with van der Waals surface area (Å²) in [4.78, 5) is 23.7. The molecule has 0 aromatic heterocycles. The van der Waals surface area contributed by atoms with Gasteiger partial charge in [-0.3, -0.25) is 4.79 Å². The predicted molar refractivity (Wildman–Crippen MR) is 114 cm³/mol. The first kappa shape index (κ1) is 20.6. The Kier molecular flexibility index (Phi) is 8.11. The number of para-hydroxylation sites is 1. The van der Waals surface area contributed by atoms with Gasteiger partial charge in [-0.1, -0.05) is 48.5 Å². The summed E-state index contributed by atoms with van der Waals surface area (Å²) in [5.74, 6) is 2.05. The third-order valence-electron chi connectivity index (χ3n) is 4.08. The van der Waals surface area contributed by atoms with E-state index in [0.717, 1.165) is 29.1 Å². The maximum absolute atomic E-state index is 11.9. The molecule has 28 heavy (non-hydrogen) atoms. The normalized spacial score (nSPS) is 13.9. The van der Waals surface area contributed by atoms with Gasteiger partial charge >= 0.3 is 5.97 Å². The molecule has 148 valence electrons. The molecular formula is C21H23NO4S2. The topological polar surface area (TPSA) is 64.6 Å². The number of hydrogen-bond acceptors (Lipinski definition) is 6. The van der Waals surface area contributed by atoms with E-state index < -0.39 is 5.97 Å². The zero-order valence-electron chi connectivity index (χ0n) is 15.5. The van der Waals surface area contributed by atoms with Crippen LogP contribution in [0.3, 0.4) is 0 Å². The molecule has 1 saturated heterocycles. The summed E-state index contributed by atoms with van der Waals surface area (Å²) < 4.78 is 11.0. The molecule has 2 aromatic carbocycles. The summed E-state index contributed by atoms with van der Waals surface area (Å²) in [6, 6.07) is 17.6.